The Kier molecular flexibility index (Phi) is 4.04. The predicted octanol–water partition coefficient (Wildman–Crippen LogP) is 1.56. The first-order valence-corrected chi connectivity index (χ1v) is 5.03. The third-order valence-corrected chi connectivity index (χ3v) is 2.60. The molecular weight excluding hydrogens is 220 g/mol. The second-order valence-corrected chi connectivity index (χ2v) is 3.73. The van der Waals surface area contributed by atoms with Crippen molar-refractivity contribution < 1.29 is 14.8 Å². The van der Waals surface area contributed by atoms with E-state index in [0.29, 0.717) is 10.6 Å². The van der Waals surface area contributed by atoms with Gasteiger partial charge in [-0.3, -0.25) is 19.9 Å². The fourth-order valence-corrected chi connectivity index (χ4v) is 1.81. The van der Waals surface area contributed by atoms with Gasteiger partial charge in [0.05, 0.1) is 16.2 Å². The molecule has 80 valence electrons. The predicted molar refractivity (Wildman–Crippen MR) is 53.9 cm³/mol. The van der Waals surface area contributed by atoms with E-state index in [1.807, 2.05) is 0 Å². The minimum absolute atomic E-state index is 0.0237. The van der Waals surface area contributed by atoms with E-state index >= 15 is 0 Å². The Morgan fingerprint density at radius 1 is 1.67 bits per heavy atom. The highest BCUT2D eigenvalue weighted by atomic mass is 32.2. The lowest BCUT2D eigenvalue weighted by molar-refractivity contribution is -0.388. The van der Waals surface area contributed by atoms with Crippen molar-refractivity contribution in [3.63, 3.8) is 0 Å². The van der Waals surface area contributed by atoms with Gasteiger partial charge in [-0.15, -0.1) is 11.8 Å². The normalized spacial score (nSPS) is 9.87. The Bertz CT molecular complexity index is 383. The second kappa shape index (κ2) is 5.30. The lowest BCUT2D eigenvalue weighted by Gasteiger charge is -1.99. The first-order chi connectivity index (χ1) is 7.11. The molecule has 0 radical (unpaired) electrons. The summed E-state index contributed by atoms with van der Waals surface area (Å²) in [6.45, 7) is 0. The number of thioether (sulfide) groups is 1. The van der Waals surface area contributed by atoms with Gasteiger partial charge in [0.1, 0.15) is 6.20 Å². The van der Waals surface area contributed by atoms with Gasteiger partial charge in [0.15, 0.2) is 0 Å². The van der Waals surface area contributed by atoms with Crippen molar-refractivity contribution >= 4 is 23.4 Å². The van der Waals surface area contributed by atoms with E-state index in [2.05, 4.69) is 4.98 Å². The van der Waals surface area contributed by atoms with Crippen molar-refractivity contribution in [1.82, 2.24) is 4.98 Å². The van der Waals surface area contributed by atoms with Crippen molar-refractivity contribution in [2.45, 2.75) is 11.3 Å². The van der Waals surface area contributed by atoms with Gasteiger partial charge < -0.3 is 5.11 Å². The molecule has 0 aromatic carbocycles. The first-order valence-electron chi connectivity index (χ1n) is 4.04. The summed E-state index contributed by atoms with van der Waals surface area (Å²) in [5.74, 6) is -0.612. The second-order valence-electron chi connectivity index (χ2n) is 2.59. The molecule has 0 fully saturated rings. The smallest absolute Gasteiger partial charge is 0.304 e. The lowest BCUT2D eigenvalue weighted by atomic mass is 10.4. The average molecular weight is 228 g/mol. The SMILES string of the molecule is O=C(O)CCSc1ccncc1[N+](=O)[O-]. The zero-order chi connectivity index (χ0) is 11.3. The van der Waals surface area contributed by atoms with Crippen molar-refractivity contribution in [3.8, 4) is 0 Å². The highest BCUT2D eigenvalue weighted by Crippen LogP contribution is 2.27. The fourth-order valence-electron chi connectivity index (χ4n) is 0.881. The van der Waals surface area contributed by atoms with Gasteiger partial charge >= 0.3 is 11.7 Å². The molecule has 1 aromatic heterocycles. The van der Waals surface area contributed by atoms with Crippen molar-refractivity contribution in [2.75, 3.05) is 5.75 Å². The Labute approximate surface area is 89.5 Å². The van der Waals surface area contributed by atoms with E-state index in [1.165, 1.54) is 12.3 Å². The van der Waals surface area contributed by atoms with E-state index in [9.17, 15) is 14.9 Å². The number of aliphatic carboxylic acids is 1. The Balaban J connectivity index is 2.67. The van der Waals surface area contributed by atoms with Crippen LogP contribution in [0.3, 0.4) is 0 Å². The molecule has 0 unspecified atom stereocenters. The Hall–Kier alpha value is -1.63. The molecule has 0 aliphatic heterocycles. The van der Waals surface area contributed by atoms with Gasteiger partial charge in [-0.05, 0) is 6.07 Å². The summed E-state index contributed by atoms with van der Waals surface area (Å²) >= 11 is 1.14. The average Bonchev–Trinajstić information content (AvgIpc) is 2.17. The van der Waals surface area contributed by atoms with Crippen LogP contribution in [0.2, 0.25) is 0 Å². The quantitative estimate of drug-likeness (QED) is 0.467. The van der Waals surface area contributed by atoms with Gasteiger partial charge in [0.25, 0.3) is 0 Å². The van der Waals surface area contributed by atoms with Crippen LogP contribution in [0.25, 0.3) is 0 Å². The lowest BCUT2D eigenvalue weighted by Crippen LogP contribution is -1.97. The van der Waals surface area contributed by atoms with Crippen molar-refractivity contribution in [3.05, 3.63) is 28.6 Å². The Morgan fingerprint density at radius 3 is 3.00 bits per heavy atom. The maximum absolute atomic E-state index is 10.6. The molecule has 0 bridgehead atoms. The largest absolute Gasteiger partial charge is 0.481 e. The standard InChI is InChI=1S/C8H8N2O4S/c11-8(12)2-4-15-7-1-3-9-5-6(7)10(13)14/h1,3,5H,2,4H2,(H,11,12). The number of rotatable bonds is 5. The number of carbonyl (C=O) groups is 1. The van der Waals surface area contributed by atoms with Gasteiger partial charge in [-0.25, -0.2) is 0 Å². The molecule has 1 heterocycles. The summed E-state index contributed by atoms with van der Waals surface area (Å²) in [7, 11) is 0. The zero-order valence-electron chi connectivity index (χ0n) is 7.62. The molecule has 6 nitrogen and oxygen atoms in total. The van der Waals surface area contributed by atoms with Crippen LogP contribution in [0.4, 0.5) is 5.69 Å². The van der Waals surface area contributed by atoms with Crippen molar-refractivity contribution in [2.24, 2.45) is 0 Å². The van der Waals surface area contributed by atoms with Crippen LogP contribution >= 0.6 is 11.8 Å². The number of nitro groups is 1. The number of carboxylic acid groups (broad SMARTS) is 1. The third kappa shape index (κ3) is 3.55. The molecule has 0 saturated carbocycles. The summed E-state index contributed by atoms with van der Waals surface area (Å²) < 4.78 is 0. The summed E-state index contributed by atoms with van der Waals surface area (Å²) in [6.07, 6.45) is 2.57. The molecule has 0 aliphatic carbocycles. The minimum atomic E-state index is -0.917. The number of aromatic nitrogens is 1. The van der Waals surface area contributed by atoms with Crippen LogP contribution in [-0.4, -0.2) is 26.7 Å². The Morgan fingerprint density at radius 2 is 2.40 bits per heavy atom. The monoisotopic (exact) mass is 228 g/mol. The topological polar surface area (TPSA) is 93.3 Å². The molecule has 0 saturated heterocycles. The fraction of sp³-hybridized carbons (Fsp3) is 0.250. The van der Waals surface area contributed by atoms with E-state index in [4.69, 9.17) is 5.11 Å². The molecule has 0 spiro atoms. The summed E-state index contributed by atoms with van der Waals surface area (Å²) in [4.78, 5) is 24.4. The molecule has 0 atom stereocenters. The molecule has 0 aliphatic rings. The molecule has 7 heteroatoms. The molecule has 0 amide bonds. The van der Waals surface area contributed by atoms with Gasteiger partial charge in [0, 0.05) is 11.9 Å². The minimum Gasteiger partial charge on any atom is -0.481 e. The summed E-state index contributed by atoms with van der Waals surface area (Å²) in [6, 6.07) is 1.50. The maximum Gasteiger partial charge on any atom is 0.304 e. The zero-order valence-corrected chi connectivity index (χ0v) is 8.44. The molecule has 1 aromatic rings. The highest BCUT2D eigenvalue weighted by molar-refractivity contribution is 7.99. The molecule has 1 N–H and O–H groups in total. The van der Waals surface area contributed by atoms with Gasteiger partial charge in [0.2, 0.25) is 0 Å². The number of pyridine rings is 1. The first kappa shape index (κ1) is 11.4. The number of nitrogens with zero attached hydrogens (tertiary/aromatic N) is 2. The number of hydrogen-bond acceptors (Lipinski definition) is 5. The van der Waals surface area contributed by atoms with Crippen LogP contribution in [0, 0.1) is 10.1 Å². The van der Waals surface area contributed by atoms with Gasteiger partial charge in [-0.1, -0.05) is 0 Å². The van der Waals surface area contributed by atoms with Gasteiger partial charge in [-0.2, -0.15) is 0 Å². The van der Waals surface area contributed by atoms with E-state index < -0.39 is 10.9 Å². The van der Waals surface area contributed by atoms with Crippen LogP contribution in [0.1, 0.15) is 6.42 Å². The molecule has 1 rings (SSSR count). The molecule has 15 heavy (non-hydrogen) atoms. The van der Waals surface area contributed by atoms with Crippen LogP contribution < -0.4 is 0 Å². The van der Waals surface area contributed by atoms with Crippen LogP contribution in [0.15, 0.2) is 23.4 Å². The highest BCUT2D eigenvalue weighted by Gasteiger charge is 2.13. The van der Waals surface area contributed by atoms with E-state index in [0.717, 1.165) is 18.0 Å². The molecular formula is C8H8N2O4S. The summed E-state index contributed by atoms with van der Waals surface area (Å²) in [5.41, 5.74) is -0.0899. The van der Waals surface area contributed by atoms with E-state index in [1.54, 1.807) is 0 Å². The third-order valence-electron chi connectivity index (χ3n) is 1.53. The maximum atomic E-state index is 10.6. The number of hydrogen-bond donors (Lipinski definition) is 1. The van der Waals surface area contributed by atoms with Crippen molar-refractivity contribution in [1.29, 1.82) is 0 Å². The summed E-state index contributed by atoms with van der Waals surface area (Å²) in [5, 5.41) is 19.0. The number of carboxylic acids is 1. The van der Waals surface area contributed by atoms with E-state index in [-0.39, 0.29) is 12.1 Å². The van der Waals surface area contributed by atoms with Crippen LogP contribution in [0.5, 0.6) is 0 Å². The van der Waals surface area contributed by atoms with Crippen LogP contribution in [-0.2, 0) is 4.79 Å².